The molecule has 34 heavy (non-hydrogen) atoms. The third-order valence-corrected chi connectivity index (χ3v) is 6.47. The zero-order chi connectivity index (χ0) is 26.0. The van der Waals surface area contributed by atoms with E-state index in [0.29, 0.717) is 12.8 Å². The van der Waals surface area contributed by atoms with Crippen LogP contribution in [0.1, 0.15) is 66.2 Å². The number of carboxylic acids is 1. The van der Waals surface area contributed by atoms with E-state index in [0.717, 1.165) is 0 Å². The van der Waals surface area contributed by atoms with Crippen molar-refractivity contribution in [3.8, 4) is 0 Å². The van der Waals surface area contributed by atoms with Crippen molar-refractivity contribution in [2.45, 2.75) is 115 Å². The molecule has 10 atom stereocenters. The molecule has 11 nitrogen and oxygen atoms in total. The fourth-order valence-electron chi connectivity index (χ4n) is 3.81. The van der Waals surface area contributed by atoms with Crippen LogP contribution in [0.5, 0.6) is 0 Å². The van der Waals surface area contributed by atoms with E-state index in [-0.39, 0.29) is 31.1 Å². The first-order valence-electron chi connectivity index (χ1n) is 12.0. The maximum Gasteiger partial charge on any atom is 0.308 e. The molecule has 0 unspecified atom stereocenters. The van der Waals surface area contributed by atoms with Gasteiger partial charge in [0.2, 0.25) is 0 Å². The van der Waals surface area contributed by atoms with Gasteiger partial charge in [0.1, 0.15) is 24.4 Å². The van der Waals surface area contributed by atoms with Crippen LogP contribution in [-0.4, -0.2) is 98.2 Å². The van der Waals surface area contributed by atoms with E-state index in [4.69, 9.17) is 19.3 Å². The summed E-state index contributed by atoms with van der Waals surface area (Å²) in [6.07, 6.45) is -7.89. The molecule has 0 aromatic carbocycles. The summed E-state index contributed by atoms with van der Waals surface area (Å²) in [5.41, 5.74) is 0. The largest absolute Gasteiger partial charge is 0.481 e. The summed E-state index contributed by atoms with van der Waals surface area (Å²) in [5.74, 6) is -2.03. The van der Waals surface area contributed by atoms with Crippen molar-refractivity contribution in [1.29, 1.82) is 0 Å². The Balaban J connectivity index is 2.71. The molecule has 1 heterocycles. The Hall–Kier alpha value is -1.34. The second-order valence-corrected chi connectivity index (χ2v) is 9.26. The average molecular weight is 495 g/mol. The van der Waals surface area contributed by atoms with Gasteiger partial charge in [-0.2, -0.15) is 0 Å². The number of carbonyl (C=O) groups is 2. The summed E-state index contributed by atoms with van der Waals surface area (Å²) in [5, 5.41) is 58.6. The summed E-state index contributed by atoms with van der Waals surface area (Å²) in [4.78, 5) is 23.3. The third kappa shape index (κ3) is 9.73. The highest BCUT2D eigenvalue weighted by Gasteiger charge is 2.44. The van der Waals surface area contributed by atoms with Crippen molar-refractivity contribution in [1.82, 2.24) is 0 Å². The summed E-state index contributed by atoms with van der Waals surface area (Å²) < 4.78 is 16.7. The molecule has 0 aromatic rings. The van der Waals surface area contributed by atoms with Crippen molar-refractivity contribution < 1.29 is 54.4 Å². The quantitative estimate of drug-likeness (QED) is 0.161. The lowest BCUT2D eigenvalue weighted by Crippen LogP contribution is -2.39. The first-order valence-corrected chi connectivity index (χ1v) is 12.0. The molecule has 200 valence electrons. The number of carbonyl (C=O) groups excluding carboxylic acids is 1. The van der Waals surface area contributed by atoms with Gasteiger partial charge in [0.05, 0.1) is 37.8 Å². The van der Waals surface area contributed by atoms with E-state index in [1.807, 2.05) is 27.7 Å². The molecule has 0 bridgehead atoms. The zero-order valence-corrected chi connectivity index (χ0v) is 20.4. The molecule has 0 amide bonds. The highest BCUT2D eigenvalue weighted by molar-refractivity contribution is 5.70. The normalized spacial score (nSPS) is 28.0. The Kier molecular flexibility index (Phi) is 13.5. The Morgan fingerprint density at radius 3 is 1.94 bits per heavy atom. The molecule has 1 aliphatic rings. The van der Waals surface area contributed by atoms with Crippen LogP contribution in [0.25, 0.3) is 0 Å². The van der Waals surface area contributed by atoms with Gasteiger partial charge in [-0.25, -0.2) is 0 Å². The van der Waals surface area contributed by atoms with Gasteiger partial charge >= 0.3 is 11.9 Å². The van der Waals surface area contributed by atoms with Crippen LogP contribution in [0.15, 0.2) is 0 Å². The predicted molar refractivity (Wildman–Crippen MR) is 120 cm³/mol. The van der Waals surface area contributed by atoms with Crippen LogP contribution < -0.4 is 0 Å². The monoisotopic (exact) mass is 494 g/mol. The molecule has 0 aliphatic carbocycles. The van der Waals surface area contributed by atoms with Gasteiger partial charge in [-0.15, -0.1) is 0 Å². The van der Waals surface area contributed by atoms with Crippen molar-refractivity contribution in [3.05, 3.63) is 0 Å². The standard InChI is InChI=1S/C23H42O11/c1-5-12(3)16(7-14(25)9-19(27)28)32-20(29)10-15(26)8-17(13(4)6-2)33-23-22(31)21(30)18(11-24)34-23/h12-18,21-26,30-31H,5-11H2,1-4H3,(H,27,28)/t12-,13-,14-,15-,16-,17-,18-,21+,22+,23-/m0/s1. The second-order valence-electron chi connectivity index (χ2n) is 9.26. The molecule has 1 fully saturated rings. The van der Waals surface area contributed by atoms with Crippen LogP contribution in [0, 0.1) is 11.8 Å². The number of hydrogen-bond donors (Lipinski definition) is 6. The minimum atomic E-state index is -1.36. The van der Waals surface area contributed by atoms with Crippen molar-refractivity contribution >= 4 is 11.9 Å². The van der Waals surface area contributed by atoms with Gasteiger partial charge < -0.3 is 44.8 Å². The predicted octanol–water partition coefficient (Wildman–Crippen LogP) is 0.181. The smallest absolute Gasteiger partial charge is 0.308 e. The number of aliphatic carboxylic acids is 1. The summed E-state index contributed by atoms with van der Waals surface area (Å²) in [7, 11) is 0. The molecular formula is C23H42O11. The fraction of sp³-hybridized carbons (Fsp3) is 0.913. The Bertz CT molecular complexity index is 616. The molecule has 1 rings (SSSR count). The number of esters is 1. The van der Waals surface area contributed by atoms with Crippen molar-refractivity contribution in [2.24, 2.45) is 11.8 Å². The number of aliphatic hydroxyl groups excluding tert-OH is 5. The Morgan fingerprint density at radius 2 is 1.44 bits per heavy atom. The van der Waals surface area contributed by atoms with Crippen LogP contribution in [-0.2, 0) is 23.8 Å². The molecule has 11 heteroatoms. The van der Waals surface area contributed by atoms with Gasteiger partial charge in [-0.1, -0.05) is 40.5 Å². The highest BCUT2D eigenvalue weighted by atomic mass is 16.7. The first kappa shape index (κ1) is 30.7. The molecule has 1 saturated heterocycles. The maximum atomic E-state index is 12.5. The van der Waals surface area contributed by atoms with Crippen LogP contribution in [0.3, 0.4) is 0 Å². The van der Waals surface area contributed by atoms with E-state index < -0.39 is 74.0 Å². The first-order chi connectivity index (χ1) is 15.9. The Labute approximate surface area is 200 Å². The molecule has 0 spiro atoms. The van der Waals surface area contributed by atoms with Gasteiger partial charge in [-0.3, -0.25) is 9.59 Å². The number of hydrogen-bond acceptors (Lipinski definition) is 10. The lowest BCUT2D eigenvalue weighted by molar-refractivity contribution is -0.208. The van der Waals surface area contributed by atoms with E-state index in [1.165, 1.54) is 0 Å². The van der Waals surface area contributed by atoms with Gasteiger partial charge in [-0.05, 0) is 11.8 Å². The van der Waals surface area contributed by atoms with Crippen LogP contribution in [0.4, 0.5) is 0 Å². The molecular weight excluding hydrogens is 452 g/mol. The van der Waals surface area contributed by atoms with Crippen molar-refractivity contribution in [2.75, 3.05) is 6.61 Å². The van der Waals surface area contributed by atoms with Gasteiger partial charge in [0.25, 0.3) is 0 Å². The van der Waals surface area contributed by atoms with Gasteiger partial charge in [0, 0.05) is 12.8 Å². The summed E-state index contributed by atoms with van der Waals surface area (Å²) in [6.45, 7) is 7.02. The zero-order valence-electron chi connectivity index (χ0n) is 20.4. The van der Waals surface area contributed by atoms with Crippen molar-refractivity contribution in [3.63, 3.8) is 0 Å². The molecule has 0 radical (unpaired) electrons. The van der Waals surface area contributed by atoms with E-state index in [1.54, 1.807) is 0 Å². The summed E-state index contributed by atoms with van der Waals surface area (Å²) >= 11 is 0. The maximum absolute atomic E-state index is 12.5. The lowest BCUT2D eigenvalue weighted by Gasteiger charge is -2.30. The SMILES string of the molecule is CC[C@H](C)[C@H](C[C@H](O)CC(=O)O)OC(=O)C[C@@H](O)C[C@H](O[C@H]1O[C@@H](CO)[C@@H](O)[C@H]1O)[C@@H](C)CC. The summed E-state index contributed by atoms with van der Waals surface area (Å²) in [6, 6.07) is 0. The van der Waals surface area contributed by atoms with Crippen LogP contribution >= 0.6 is 0 Å². The van der Waals surface area contributed by atoms with E-state index in [2.05, 4.69) is 0 Å². The average Bonchev–Trinajstić information content (AvgIpc) is 3.04. The number of aliphatic hydroxyl groups is 5. The highest BCUT2D eigenvalue weighted by Crippen LogP contribution is 2.28. The Morgan fingerprint density at radius 1 is 0.912 bits per heavy atom. The number of carboxylic acid groups (broad SMARTS) is 1. The molecule has 1 aliphatic heterocycles. The lowest BCUT2D eigenvalue weighted by atomic mass is 9.94. The van der Waals surface area contributed by atoms with Gasteiger partial charge in [0.15, 0.2) is 6.29 Å². The molecule has 6 N–H and O–H groups in total. The number of rotatable bonds is 16. The minimum absolute atomic E-state index is 0.0208. The topological polar surface area (TPSA) is 183 Å². The number of ether oxygens (including phenoxy) is 3. The molecule has 0 aromatic heterocycles. The molecule has 0 saturated carbocycles. The van der Waals surface area contributed by atoms with E-state index in [9.17, 15) is 35.1 Å². The van der Waals surface area contributed by atoms with E-state index >= 15 is 0 Å². The second kappa shape index (κ2) is 14.9. The van der Waals surface area contributed by atoms with Crippen LogP contribution in [0.2, 0.25) is 0 Å². The fourth-order valence-corrected chi connectivity index (χ4v) is 3.81. The minimum Gasteiger partial charge on any atom is -0.481 e. The third-order valence-electron chi connectivity index (χ3n) is 6.47.